The zero-order valence-electron chi connectivity index (χ0n) is 17.1. The zero-order valence-corrected chi connectivity index (χ0v) is 19.6. The van der Waals surface area contributed by atoms with Crippen molar-refractivity contribution in [3.05, 3.63) is 131 Å². The number of halogens is 1. The number of non-ortho nitro benzene ring substituents is 1. The van der Waals surface area contributed by atoms with Crippen molar-refractivity contribution in [3.63, 3.8) is 0 Å². The molecule has 0 aromatic heterocycles. The van der Waals surface area contributed by atoms with E-state index in [0.717, 1.165) is 21.5 Å². The molecule has 0 unspecified atom stereocenters. The van der Waals surface area contributed by atoms with E-state index < -0.39 is 10.4 Å². The Balaban J connectivity index is 1.87. The number of nitro benzene ring substituents is 1. The van der Waals surface area contributed by atoms with Crippen molar-refractivity contribution < 1.29 is 4.92 Å². The molecule has 0 spiro atoms. The molecule has 0 saturated heterocycles. The van der Waals surface area contributed by atoms with Crippen LogP contribution in [0, 0.1) is 10.1 Å². The maximum atomic E-state index is 10.9. The Kier molecular flexibility index (Phi) is 6.17. The van der Waals surface area contributed by atoms with Crippen LogP contribution in [0.15, 0.2) is 120 Å². The summed E-state index contributed by atoms with van der Waals surface area (Å²) in [6, 6.07) is 37.0. The molecule has 0 radical (unpaired) electrons. The van der Waals surface area contributed by atoms with Gasteiger partial charge in [-0.1, -0.05) is 0 Å². The number of hydrogen-bond acceptors (Lipinski definition) is 4. The molecule has 4 aromatic rings. The van der Waals surface area contributed by atoms with Crippen LogP contribution < -0.4 is 21.1 Å². The first-order chi connectivity index (χ1) is 15.5. The van der Waals surface area contributed by atoms with Gasteiger partial charge in [0.15, 0.2) is 0 Å². The van der Waals surface area contributed by atoms with Gasteiger partial charge >= 0.3 is 195 Å². The Labute approximate surface area is 194 Å². The molecule has 0 fully saturated rings. The van der Waals surface area contributed by atoms with Crippen LogP contribution >= 0.6 is 20.9 Å². The van der Waals surface area contributed by atoms with Crippen LogP contribution in [0.5, 0.6) is 0 Å². The summed E-state index contributed by atoms with van der Waals surface area (Å²) in [7, 11) is 0. The fraction of sp³-hybridized carbons (Fsp3) is 0. The predicted octanol–water partition coefficient (Wildman–Crippen LogP) is 5.27. The molecule has 0 saturated carbocycles. The van der Waals surface area contributed by atoms with E-state index in [1.807, 2.05) is 54.6 Å². The van der Waals surface area contributed by atoms with Crippen LogP contribution in [0.4, 0.5) is 5.69 Å². The monoisotopic (exact) mass is 505 g/mol. The first-order valence-electron chi connectivity index (χ1n) is 9.98. The minimum absolute atomic E-state index is 0.0492. The maximum absolute atomic E-state index is 10.9. The molecule has 5 nitrogen and oxygen atoms in total. The zero-order chi connectivity index (χ0) is 22.5. The molecule has 32 heavy (non-hydrogen) atoms. The van der Waals surface area contributed by atoms with Gasteiger partial charge in [0.05, 0.1) is 0 Å². The molecule has 7 heteroatoms. The molecular formula is C25H21BrN3O2P. The van der Waals surface area contributed by atoms with E-state index in [4.69, 9.17) is 0 Å². The van der Waals surface area contributed by atoms with Crippen molar-refractivity contribution in [2.24, 2.45) is 5.10 Å². The van der Waals surface area contributed by atoms with Gasteiger partial charge in [-0.15, -0.1) is 0 Å². The third kappa shape index (κ3) is 3.95. The van der Waals surface area contributed by atoms with Gasteiger partial charge in [0.1, 0.15) is 0 Å². The van der Waals surface area contributed by atoms with Crippen molar-refractivity contribution in [1.29, 1.82) is 0 Å². The fourth-order valence-electron chi connectivity index (χ4n) is 3.64. The van der Waals surface area contributed by atoms with E-state index in [2.05, 4.69) is 62.2 Å². The summed E-state index contributed by atoms with van der Waals surface area (Å²) in [5.41, 5.74) is -2.56. The summed E-state index contributed by atoms with van der Waals surface area (Å²) < 4.78 is 0. The third-order valence-electron chi connectivity index (χ3n) is 5.29. The van der Waals surface area contributed by atoms with Crippen molar-refractivity contribution in [1.82, 2.24) is 5.20 Å². The second kappa shape index (κ2) is 9.03. The summed E-state index contributed by atoms with van der Waals surface area (Å²) in [4.78, 5) is 10.5. The average Bonchev–Trinajstić information content (AvgIpc) is 2.86. The molecule has 0 atom stereocenters. The molecule has 0 heterocycles. The second-order valence-electron chi connectivity index (χ2n) is 7.22. The van der Waals surface area contributed by atoms with E-state index in [-0.39, 0.29) is 5.69 Å². The molecule has 0 aliphatic carbocycles. The summed E-state index contributed by atoms with van der Waals surface area (Å²) in [6.07, 6.45) is 1.68. The number of hydrogen-bond donors (Lipinski definition) is 1. The van der Waals surface area contributed by atoms with Gasteiger partial charge in [0, 0.05) is 0 Å². The number of hydrazone groups is 1. The van der Waals surface area contributed by atoms with E-state index in [9.17, 15) is 10.1 Å². The van der Waals surface area contributed by atoms with Crippen LogP contribution in [0.2, 0.25) is 0 Å². The standard InChI is InChI=1S/C25H21BrN3O2P/c26-32(23-10-4-1-5-11-23,24-12-6-2-7-13-24,25-14-8-3-9-15-25)28-27-20-21-16-18-22(19-17-21)29(30)31/h1-20,28H/b27-20+. The Morgan fingerprint density at radius 3 is 1.50 bits per heavy atom. The summed E-state index contributed by atoms with van der Waals surface area (Å²) >= 11 is 4.24. The molecule has 1 N–H and O–H groups in total. The number of benzene rings is 4. The Morgan fingerprint density at radius 1 is 0.719 bits per heavy atom. The van der Waals surface area contributed by atoms with Crippen LogP contribution in [0.25, 0.3) is 0 Å². The number of nitrogens with zero attached hydrogens (tertiary/aromatic N) is 2. The van der Waals surface area contributed by atoms with E-state index in [0.29, 0.717) is 0 Å². The first kappa shape index (κ1) is 21.9. The molecular weight excluding hydrogens is 485 g/mol. The van der Waals surface area contributed by atoms with Crippen molar-refractivity contribution in [2.75, 3.05) is 0 Å². The first-order valence-corrected chi connectivity index (χ1v) is 14.2. The third-order valence-corrected chi connectivity index (χ3v) is 13.7. The molecule has 160 valence electrons. The van der Waals surface area contributed by atoms with E-state index in [1.165, 1.54) is 12.1 Å². The summed E-state index contributed by atoms with van der Waals surface area (Å²) in [5.74, 6) is 0. The number of nitro groups is 1. The van der Waals surface area contributed by atoms with Crippen LogP contribution in [-0.2, 0) is 0 Å². The van der Waals surface area contributed by atoms with Crippen LogP contribution in [0.3, 0.4) is 0 Å². The topological polar surface area (TPSA) is 67.5 Å². The molecule has 0 bridgehead atoms. The number of nitrogens with one attached hydrogen (secondary N) is 1. The van der Waals surface area contributed by atoms with Crippen LogP contribution in [-0.4, -0.2) is 11.1 Å². The van der Waals surface area contributed by atoms with E-state index in [1.54, 1.807) is 18.3 Å². The van der Waals surface area contributed by atoms with Gasteiger partial charge in [-0.2, -0.15) is 0 Å². The Morgan fingerprint density at radius 2 is 1.12 bits per heavy atom. The Bertz CT molecular complexity index is 1140. The quantitative estimate of drug-likeness (QED) is 0.161. The molecule has 0 aliphatic heterocycles. The van der Waals surface area contributed by atoms with Gasteiger partial charge in [0.25, 0.3) is 0 Å². The van der Waals surface area contributed by atoms with Crippen molar-refractivity contribution in [3.8, 4) is 0 Å². The summed E-state index contributed by atoms with van der Waals surface area (Å²) in [6.45, 7) is 0. The van der Waals surface area contributed by atoms with Crippen molar-refractivity contribution in [2.45, 2.75) is 0 Å². The molecule has 0 amide bonds. The SMILES string of the molecule is O=[N+]([O-])c1ccc(/C=N/NP(Br)(c2ccccc2)(c2ccccc2)c2ccccc2)cc1. The molecule has 4 aromatic carbocycles. The summed E-state index contributed by atoms with van der Waals surface area (Å²) in [5, 5.41) is 22.4. The number of rotatable bonds is 7. The van der Waals surface area contributed by atoms with Gasteiger partial charge in [0.2, 0.25) is 0 Å². The fourth-order valence-corrected chi connectivity index (χ4v) is 9.75. The van der Waals surface area contributed by atoms with Gasteiger partial charge < -0.3 is 0 Å². The molecule has 0 aliphatic rings. The van der Waals surface area contributed by atoms with Crippen LogP contribution in [0.1, 0.15) is 5.56 Å². The normalized spacial score (nSPS) is 12.7. The van der Waals surface area contributed by atoms with Gasteiger partial charge in [-0.05, 0) is 0 Å². The van der Waals surface area contributed by atoms with Gasteiger partial charge in [-0.25, -0.2) is 0 Å². The van der Waals surface area contributed by atoms with Gasteiger partial charge in [-0.3, -0.25) is 0 Å². The second-order valence-corrected chi connectivity index (χ2v) is 15.2. The Hall–Kier alpha value is -3.34. The molecule has 4 rings (SSSR count). The van der Waals surface area contributed by atoms with E-state index >= 15 is 0 Å². The van der Waals surface area contributed by atoms with Crippen molar-refractivity contribution >= 4 is 48.8 Å². The minimum atomic E-state index is -3.36. The predicted molar refractivity (Wildman–Crippen MR) is 138 cm³/mol. The average molecular weight is 506 g/mol.